The molecule has 1 aromatic carbocycles. The van der Waals surface area contributed by atoms with Crippen LogP contribution >= 0.6 is 24.0 Å². The van der Waals surface area contributed by atoms with Gasteiger partial charge in [-0.2, -0.15) is 5.10 Å². The molecule has 0 bridgehead atoms. The first kappa shape index (κ1) is 16.3. The van der Waals surface area contributed by atoms with Gasteiger partial charge in [-0.15, -0.1) is 24.0 Å². The molecule has 0 aliphatic carbocycles. The van der Waals surface area contributed by atoms with E-state index in [-0.39, 0.29) is 24.0 Å². The molecule has 0 aliphatic rings. The highest BCUT2D eigenvalue weighted by Crippen LogP contribution is 2.14. The summed E-state index contributed by atoms with van der Waals surface area (Å²) in [5.41, 5.74) is 7.69. The van der Waals surface area contributed by atoms with Crippen molar-refractivity contribution in [1.82, 2.24) is 9.78 Å². The molecule has 6 nitrogen and oxygen atoms in total. The van der Waals surface area contributed by atoms with Crippen molar-refractivity contribution in [3.63, 3.8) is 0 Å². The van der Waals surface area contributed by atoms with Gasteiger partial charge in [0.15, 0.2) is 5.96 Å². The summed E-state index contributed by atoms with van der Waals surface area (Å²) >= 11 is 0. The molecule has 2 aromatic rings. The normalized spacial score (nSPS) is 10.8. The van der Waals surface area contributed by atoms with Crippen molar-refractivity contribution in [3.05, 3.63) is 42.2 Å². The Morgan fingerprint density at radius 3 is 2.60 bits per heavy atom. The van der Waals surface area contributed by atoms with Crippen LogP contribution in [0.5, 0.6) is 5.75 Å². The fourth-order valence-corrected chi connectivity index (χ4v) is 1.58. The molecule has 0 radical (unpaired) electrons. The number of nitrogens with two attached hydrogens (primary N) is 1. The molecule has 3 N–H and O–H groups in total. The zero-order valence-corrected chi connectivity index (χ0v) is 13.7. The second-order valence-corrected chi connectivity index (χ2v) is 4.00. The van der Waals surface area contributed by atoms with E-state index >= 15 is 0 Å². The Hall–Kier alpha value is -1.77. The van der Waals surface area contributed by atoms with E-state index in [1.54, 1.807) is 18.0 Å². The number of hydrogen-bond acceptors (Lipinski definition) is 3. The number of methoxy groups -OCH3 is 1. The minimum Gasteiger partial charge on any atom is -0.497 e. The number of aryl methyl sites for hydroxylation is 1. The van der Waals surface area contributed by atoms with Gasteiger partial charge in [0.05, 0.1) is 19.3 Å². The van der Waals surface area contributed by atoms with E-state index in [4.69, 9.17) is 10.5 Å². The highest BCUT2D eigenvalue weighted by atomic mass is 127. The summed E-state index contributed by atoms with van der Waals surface area (Å²) in [6, 6.07) is 9.38. The van der Waals surface area contributed by atoms with Crippen LogP contribution in [-0.4, -0.2) is 22.8 Å². The number of ether oxygens (including phenoxy) is 1. The Kier molecular flexibility index (Phi) is 6.29. The van der Waals surface area contributed by atoms with Crippen LogP contribution in [0, 0.1) is 0 Å². The summed E-state index contributed by atoms with van der Waals surface area (Å²) in [7, 11) is 3.50. The zero-order chi connectivity index (χ0) is 13.7. The van der Waals surface area contributed by atoms with Crippen molar-refractivity contribution in [2.45, 2.75) is 6.54 Å². The molecule has 0 unspecified atom stereocenters. The number of nitrogens with one attached hydrogen (secondary N) is 1. The number of aliphatic imine (C=N–C) groups is 1. The lowest BCUT2D eigenvalue weighted by atomic mass is 10.3. The summed E-state index contributed by atoms with van der Waals surface area (Å²) < 4.78 is 6.85. The first-order valence-corrected chi connectivity index (χ1v) is 5.87. The largest absolute Gasteiger partial charge is 0.497 e. The van der Waals surface area contributed by atoms with Crippen molar-refractivity contribution in [2.24, 2.45) is 17.8 Å². The molecule has 0 saturated carbocycles. The van der Waals surface area contributed by atoms with E-state index in [0.29, 0.717) is 12.5 Å². The van der Waals surface area contributed by atoms with Gasteiger partial charge in [0, 0.05) is 18.9 Å². The molecule has 0 amide bonds. The quantitative estimate of drug-likeness (QED) is 0.478. The molecule has 2 rings (SSSR count). The Morgan fingerprint density at radius 1 is 1.35 bits per heavy atom. The van der Waals surface area contributed by atoms with Gasteiger partial charge in [0.1, 0.15) is 5.75 Å². The van der Waals surface area contributed by atoms with Crippen molar-refractivity contribution in [1.29, 1.82) is 0 Å². The first-order chi connectivity index (χ1) is 9.19. The van der Waals surface area contributed by atoms with Gasteiger partial charge in [-0.3, -0.25) is 4.68 Å². The van der Waals surface area contributed by atoms with Gasteiger partial charge >= 0.3 is 0 Å². The van der Waals surface area contributed by atoms with Crippen molar-refractivity contribution in [3.8, 4) is 5.75 Å². The van der Waals surface area contributed by atoms with Crippen LogP contribution in [0.15, 0.2) is 41.5 Å². The standard InChI is InChI=1S/C13H17N5O.HI/c1-18-11(7-8-16-18)9-15-13(14)17-10-3-5-12(19-2)6-4-10;/h3-8H,9H2,1-2H3,(H3,14,15,17);1H. The number of benzene rings is 1. The van der Waals surface area contributed by atoms with Gasteiger partial charge < -0.3 is 15.8 Å². The van der Waals surface area contributed by atoms with Crippen LogP contribution in [0.4, 0.5) is 5.69 Å². The monoisotopic (exact) mass is 387 g/mol. The fourth-order valence-electron chi connectivity index (χ4n) is 1.58. The molecular weight excluding hydrogens is 369 g/mol. The maximum absolute atomic E-state index is 5.82. The van der Waals surface area contributed by atoms with Crippen molar-refractivity contribution >= 4 is 35.6 Å². The smallest absolute Gasteiger partial charge is 0.193 e. The maximum Gasteiger partial charge on any atom is 0.193 e. The minimum absolute atomic E-state index is 0. The number of guanidine groups is 1. The predicted octanol–water partition coefficient (Wildman–Crippen LogP) is 1.97. The number of hydrogen-bond donors (Lipinski definition) is 2. The van der Waals surface area contributed by atoms with E-state index in [0.717, 1.165) is 17.1 Å². The van der Waals surface area contributed by atoms with E-state index in [1.165, 1.54) is 0 Å². The lowest BCUT2D eigenvalue weighted by Gasteiger charge is -2.06. The lowest BCUT2D eigenvalue weighted by molar-refractivity contribution is 0.415. The predicted molar refractivity (Wildman–Crippen MR) is 90.6 cm³/mol. The fraction of sp³-hybridized carbons (Fsp3) is 0.231. The van der Waals surface area contributed by atoms with Crippen LogP contribution in [0.3, 0.4) is 0 Å². The van der Waals surface area contributed by atoms with Gasteiger partial charge in [0.25, 0.3) is 0 Å². The molecule has 0 saturated heterocycles. The number of aromatic nitrogens is 2. The molecule has 0 aliphatic heterocycles. The lowest BCUT2D eigenvalue weighted by Crippen LogP contribution is -2.22. The molecule has 1 heterocycles. The average molecular weight is 387 g/mol. The second-order valence-electron chi connectivity index (χ2n) is 4.00. The molecule has 0 spiro atoms. The minimum atomic E-state index is 0. The first-order valence-electron chi connectivity index (χ1n) is 5.87. The number of halogens is 1. The summed E-state index contributed by atoms with van der Waals surface area (Å²) in [5.74, 6) is 1.17. The molecule has 20 heavy (non-hydrogen) atoms. The van der Waals surface area contributed by atoms with Gasteiger partial charge in [-0.1, -0.05) is 0 Å². The third kappa shape index (κ3) is 4.41. The van der Waals surface area contributed by atoms with Gasteiger partial charge in [-0.25, -0.2) is 4.99 Å². The van der Waals surface area contributed by atoms with E-state index in [9.17, 15) is 0 Å². The van der Waals surface area contributed by atoms with Crippen LogP contribution in [0.1, 0.15) is 5.69 Å². The summed E-state index contributed by atoms with van der Waals surface area (Å²) in [5, 5.41) is 7.09. The SMILES string of the molecule is COc1ccc(NC(N)=NCc2ccnn2C)cc1.I. The van der Waals surface area contributed by atoms with Crippen molar-refractivity contribution in [2.75, 3.05) is 12.4 Å². The van der Waals surface area contributed by atoms with E-state index in [2.05, 4.69) is 15.4 Å². The third-order valence-electron chi connectivity index (χ3n) is 2.70. The van der Waals surface area contributed by atoms with Gasteiger partial charge in [-0.05, 0) is 30.3 Å². The highest BCUT2D eigenvalue weighted by Gasteiger charge is 1.99. The molecule has 7 heteroatoms. The number of anilines is 1. The van der Waals surface area contributed by atoms with Crippen LogP contribution < -0.4 is 15.8 Å². The third-order valence-corrected chi connectivity index (χ3v) is 2.70. The maximum atomic E-state index is 5.82. The van der Waals surface area contributed by atoms with E-state index in [1.807, 2.05) is 37.4 Å². The van der Waals surface area contributed by atoms with Crippen LogP contribution in [0.2, 0.25) is 0 Å². The summed E-state index contributed by atoms with van der Waals surface area (Å²) in [6.07, 6.45) is 1.73. The Bertz CT molecular complexity index is 564. The average Bonchev–Trinajstić information content (AvgIpc) is 2.83. The Morgan fingerprint density at radius 2 is 2.05 bits per heavy atom. The molecule has 108 valence electrons. The summed E-state index contributed by atoms with van der Waals surface area (Å²) in [6.45, 7) is 0.492. The molecule has 0 atom stereocenters. The van der Waals surface area contributed by atoms with E-state index < -0.39 is 0 Å². The molecule has 0 fully saturated rings. The Balaban J connectivity index is 0.00000200. The van der Waals surface area contributed by atoms with Gasteiger partial charge in [0.2, 0.25) is 0 Å². The Labute approximate surface area is 135 Å². The highest BCUT2D eigenvalue weighted by molar-refractivity contribution is 14.0. The van der Waals surface area contributed by atoms with Crippen LogP contribution in [0.25, 0.3) is 0 Å². The molecule has 1 aromatic heterocycles. The van der Waals surface area contributed by atoms with Crippen molar-refractivity contribution < 1.29 is 4.74 Å². The number of nitrogens with zero attached hydrogens (tertiary/aromatic N) is 3. The van der Waals surface area contributed by atoms with Crippen LogP contribution in [-0.2, 0) is 13.6 Å². The summed E-state index contributed by atoms with van der Waals surface area (Å²) in [4.78, 5) is 4.26. The molecular formula is C13H18IN5O. The topological polar surface area (TPSA) is 77.5 Å². The second kappa shape index (κ2) is 7.73. The number of rotatable bonds is 4. The zero-order valence-electron chi connectivity index (χ0n) is 11.4.